The fraction of sp³-hybridized carbons (Fsp3) is 0.647. The Kier molecular flexibility index (Phi) is 4.71. The lowest BCUT2D eigenvalue weighted by atomic mass is 10.0. The molecule has 2 saturated heterocycles. The van der Waals surface area contributed by atoms with Crippen LogP contribution in [0.2, 0.25) is 0 Å². The lowest BCUT2D eigenvalue weighted by Gasteiger charge is -2.33. The molecule has 3 nitrogen and oxygen atoms in total. The SMILES string of the molecule is NCCCN(Cc1ccccc1)C1CCN2CCCC12. The second kappa shape index (κ2) is 6.70. The third-order valence-corrected chi connectivity index (χ3v) is 4.92. The normalized spacial score (nSPS) is 26.3. The molecule has 2 unspecified atom stereocenters. The van der Waals surface area contributed by atoms with E-state index in [2.05, 4.69) is 40.1 Å². The van der Waals surface area contributed by atoms with E-state index >= 15 is 0 Å². The molecule has 1 aromatic carbocycles. The van der Waals surface area contributed by atoms with Gasteiger partial charge < -0.3 is 5.73 Å². The minimum atomic E-state index is 0.740. The van der Waals surface area contributed by atoms with Crippen LogP contribution in [0.25, 0.3) is 0 Å². The van der Waals surface area contributed by atoms with Crippen molar-refractivity contribution in [1.29, 1.82) is 0 Å². The highest BCUT2D eigenvalue weighted by Gasteiger charge is 2.39. The first kappa shape index (κ1) is 14.1. The van der Waals surface area contributed by atoms with Gasteiger partial charge in [0, 0.05) is 31.7 Å². The fourth-order valence-electron chi connectivity index (χ4n) is 3.96. The molecule has 0 saturated carbocycles. The molecule has 2 N–H and O–H groups in total. The third-order valence-electron chi connectivity index (χ3n) is 4.92. The standard InChI is InChI=1S/C17H27N3/c18-10-5-12-20(14-15-6-2-1-3-7-15)17-9-13-19-11-4-8-16(17)19/h1-3,6-7,16-17H,4-5,8-14,18H2. The van der Waals surface area contributed by atoms with Crippen LogP contribution in [-0.4, -0.2) is 48.1 Å². The molecule has 0 aromatic heterocycles. The zero-order valence-corrected chi connectivity index (χ0v) is 12.4. The Balaban J connectivity index is 1.69. The topological polar surface area (TPSA) is 32.5 Å². The Morgan fingerprint density at radius 2 is 2.00 bits per heavy atom. The molecule has 2 atom stereocenters. The van der Waals surface area contributed by atoms with Gasteiger partial charge in [0.2, 0.25) is 0 Å². The van der Waals surface area contributed by atoms with E-state index in [1.807, 2.05) is 0 Å². The minimum Gasteiger partial charge on any atom is -0.330 e. The van der Waals surface area contributed by atoms with Crippen molar-refractivity contribution in [2.75, 3.05) is 26.2 Å². The smallest absolute Gasteiger partial charge is 0.0267 e. The van der Waals surface area contributed by atoms with Crippen molar-refractivity contribution in [3.05, 3.63) is 35.9 Å². The lowest BCUT2D eigenvalue weighted by molar-refractivity contribution is 0.151. The molecular formula is C17H27N3. The molecule has 0 aliphatic carbocycles. The van der Waals surface area contributed by atoms with Gasteiger partial charge in [-0.15, -0.1) is 0 Å². The summed E-state index contributed by atoms with van der Waals surface area (Å²) < 4.78 is 0. The first-order valence-electron chi connectivity index (χ1n) is 8.10. The van der Waals surface area contributed by atoms with Crippen LogP contribution in [0.4, 0.5) is 0 Å². The van der Waals surface area contributed by atoms with E-state index < -0.39 is 0 Å². The van der Waals surface area contributed by atoms with Gasteiger partial charge in [0.25, 0.3) is 0 Å². The van der Waals surface area contributed by atoms with Crippen molar-refractivity contribution in [2.24, 2.45) is 5.73 Å². The zero-order valence-electron chi connectivity index (χ0n) is 12.4. The molecule has 2 fully saturated rings. The van der Waals surface area contributed by atoms with Gasteiger partial charge in [-0.1, -0.05) is 30.3 Å². The average molecular weight is 273 g/mol. The molecule has 3 heteroatoms. The summed E-state index contributed by atoms with van der Waals surface area (Å²) in [7, 11) is 0. The van der Waals surface area contributed by atoms with Gasteiger partial charge in [-0.05, 0) is 44.3 Å². The summed E-state index contributed by atoms with van der Waals surface area (Å²) >= 11 is 0. The first-order chi connectivity index (χ1) is 9.88. The van der Waals surface area contributed by atoms with E-state index in [4.69, 9.17) is 5.73 Å². The summed E-state index contributed by atoms with van der Waals surface area (Å²) in [6, 6.07) is 12.4. The molecule has 2 aliphatic rings. The first-order valence-corrected chi connectivity index (χ1v) is 8.10. The van der Waals surface area contributed by atoms with E-state index in [1.54, 1.807) is 0 Å². The van der Waals surface area contributed by atoms with Gasteiger partial charge in [-0.3, -0.25) is 9.80 Å². The van der Waals surface area contributed by atoms with E-state index in [1.165, 1.54) is 37.9 Å². The van der Waals surface area contributed by atoms with Crippen LogP contribution in [0, 0.1) is 0 Å². The maximum Gasteiger partial charge on any atom is 0.0267 e. The van der Waals surface area contributed by atoms with Crippen LogP contribution >= 0.6 is 0 Å². The lowest BCUT2D eigenvalue weighted by Crippen LogP contribution is -2.43. The van der Waals surface area contributed by atoms with Crippen LogP contribution in [0.3, 0.4) is 0 Å². The zero-order chi connectivity index (χ0) is 13.8. The Morgan fingerprint density at radius 3 is 2.80 bits per heavy atom. The quantitative estimate of drug-likeness (QED) is 0.861. The van der Waals surface area contributed by atoms with E-state index in [0.717, 1.165) is 38.1 Å². The second-order valence-corrected chi connectivity index (χ2v) is 6.20. The predicted molar refractivity (Wildman–Crippen MR) is 83.5 cm³/mol. The Morgan fingerprint density at radius 1 is 1.15 bits per heavy atom. The van der Waals surface area contributed by atoms with Crippen LogP contribution in [0.1, 0.15) is 31.2 Å². The summed E-state index contributed by atoms with van der Waals surface area (Å²) in [6.07, 6.45) is 5.22. The van der Waals surface area contributed by atoms with Gasteiger partial charge in [0.15, 0.2) is 0 Å². The van der Waals surface area contributed by atoms with Crippen molar-refractivity contribution < 1.29 is 0 Å². The van der Waals surface area contributed by atoms with Gasteiger partial charge >= 0.3 is 0 Å². The van der Waals surface area contributed by atoms with E-state index in [0.29, 0.717) is 0 Å². The molecule has 0 radical (unpaired) electrons. The molecule has 0 bridgehead atoms. The van der Waals surface area contributed by atoms with Gasteiger partial charge in [0.05, 0.1) is 0 Å². The molecule has 2 heterocycles. The van der Waals surface area contributed by atoms with Crippen molar-refractivity contribution in [1.82, 2.24) is 9.80 Å². The van der Waals surface area contributed by atoms with Crippen molar-refractivity contribution in [3.8, 4) is 0 Å². The molecule has 2 aliphatic heterocycles. The van der Waals surface area contributed by atoms with Crippen molar-refractivity contribution in [2.45, 2.75) is 44.3 Å². The summed E-state index contributed by atoms with van der Waals surface area (Å²) in [5.74, 6) is 0. The molecule has 1 aromatic rings. The fourth-order valence-corrected chi connectivity index (χ4v) is 3.96. The van der Waals surface area contributed by atoms with Crippen molar-refractivity contribution in [3.63, 3.8) is 0 Å². The van der Waals surface area contributed by atoms with Crippen LogP contribution in [-0.2, 0) is 6.54 Å². The Bertz CT molecular complexity index is 406. The highest BCUT2D eigenvalue weighted by atomic mass is 15.3. The average Bonchev–Trinajstić information content (AvgIpc) is 3.07. The minimum absolute atomic E-state index is 0.740. The van der Waals surface area contributed by atoms with Crippen LogP contribution in [0.5, 0.6) is 0 Å². The molecular weight excluding hydrogens is 246 g/mol. The maximum absolute atomic E-state index is 5.74. The summed E-state index contributed by atoms with van der Waals surface area (Å²) in [5, 5.41) is 0. The highest BCUT2D eigenvalue weighted by Crippen LogP contribution is 2.32. The molecule has 110 valence electrons. The number of rotatable bonds is 6. The van der Waals surface area contributed by atoms with Gasteiger partial charge in [0.1, 0.15) is 0 Å². The molecule has 0 spiro atoms. The molecule has 20 heavy (non-hydrogen) atoms. The largest absolute Gasteiger partial charge is 0.330 e. The Labute approximate surface area is 122 Å². The van der Waals surface area contributed by atoms with Gasteiger partial charge in [-0.25, -0.2) is 0 Å². The molecule has 3 rings (SSSR count). The van der Waals surface area contributed by atoms with E-state index in [-0.39, 0.29) is 0 Å². The Hall–Kier alpha value is -0.900. The highest BCUT2D eigenvalue weighted by molar-refractivity contribution is 5.15. The molecule has 0 amide bonds. The second-order valence-electron chi connectivity index (χ2n) is 6.20. The monoisotopic (exact) mass is 273 g/mol. The third kappa shape index (κ3) is 3.05. The number of nitrogens with zero attached hydrogens (tertiary/aromatic N) is 2. The van der Waals surface area contributed by atoms with Gasteiger partial charge in [-0.2, -0.15) is 0 Å². The maximum atomic E-state index is 5.74. The summed E-state index contributed by atoms with van der Waals surface area (Å²) in [5.41, 5.74) is 7.17. The number of hydrogen-bond donors (Lipinski definition) is 1. The summed E-state index contributed by atoms with van der Waals surface area (Å²) in [4.78, 5) is 5.39. The summed E-state index contributed by atoms with van der Waals surface area (Å²) in [6.45, 7) is 5.63. The number of benzene rings is 1. The van der Waals surface area contributed by atoms with Crippen molar-refractivity contribution >= 4 is 0 Å². The van der Waals surface area contributed by atoms with E-state index in [9.17, 15) is 0 Å². The van der Waals surface area contributed by atoms with Crippen LogP contribution < -0.4 is 5.73 Å². The van der Waals surface area contributed by atoms with Crippen LogP contribution in [0.15, 0.2) is 30.3 Å². The number of hydrogen-bond acceptors (Lipinski definition) is 3. The number of fused-ring (bicyclic) bond motifs is 1. The predicted octanol–water partition coefficient (Wildman–Crippen LogP) is 2.07. The number of nitrogens with two attached hydrogens (primary N) is 1.